The van der Waals surface area contributed by atoms with E-state index >= 15 is 0 Å². The third kappa shape index (κ3) is 4.80. The lowest BCUT2D eigenvalue weighted by atomic mass is 10.1. The molecule has 7 heteroatoms. The number of nitrogens with one attached hydrogen (secondary N) is 1. The largest absolute Gasteiger partial charge is 0.494 e. The molecule has 0 fully saturated rings. The number of nitrogens with zero attached hydrogens (tertiary/aromatic N) is 2. The van der Waals surface area contributed by atoms with Crippen LogP contribution in [0.25, 0.3) is 10.9 Å². The summed E-state index contributed by atoms with van der Waals surface area (Å²) in [6.45, 7) is 4.02. The van der Waals surface area contributed by atoms with Crippen LogP contribution in [0, 0.1) is 5.82 Å². The summed E-state index contributed by atoms with van der Waals surface area (Å²) in [5.74, 6) is 0.0737. The zero-order valence-electron chi connectivity index (χ0n) is 16.7. The highest BCUT2D eigenvalue weighted by Gasteiger charge is 2.19. The molecular weight excluding hydrogens is 373 g/mol. The summed E-state index contributed by atoms with van der Waals surface area (Å²) in [6.07, 6.45) is 0.631. The van der Waals surface area contributed by atoms with E-state index in [4.69, 9.17) is 4.74 Å². The number of aryl methyl sites for hydroxylation is 1. The fourth-order valence-electron chi connectivity index (χ4n) is 3.19. The molecular formula is C22H24FN3O3. The van der Waals surface area contributed by atoms with Crippen LogP contribution in [0.2, 0.25) is 0 Å². The van der Waals surface area contributed by atoms with Crippen LogP contribution < -0.4 is 10.3 Å². The molecule has 0 atom stereocenters. The number of aromatic amines is 1. The highest BCUT2D eigenvalue weighted by molar-refractivity contribution is 5.78. The van der Waals surface area contributed by atoms with Gasteiger partial charge in [-0.3, -0.25) is 9.59 Å². The second-order valence-electron chi connectivity index (χ2n) is 7.11. The number of benzene rings is 2. The minimum atomic E-state index is -0.448. The number of rotatable bonds is 7. The monoisotopic (exact) mass is 397 g/mol. The number of carbonyl (C=O) groups excluding carboxylic acids is 1. The van der Waals surface area contributed by atoms with Gasteiger partial charge in [-0.15, -0.1) is 0 Å². The van der Waals surface area contributed by atoms with Gasteiger partial charge in [-0.1, -0.05) is 18.2 Å². The summed E-state index contributed by atoms with van der Waals surface area (Å²) in [5.41, 5.74) is 1.09. The van der Waals surface area contributed by atoms with E-state index in [1.54, 1.807) is 35.2 Å². The van der Waals surface area contributed by atoms with Crippen molar-refractivity contribution < 1.29 is 13.9 Å². The first-order valence-electron chi connectivity index (χ1n) is 9.49. The molecule has 3 rings (SSSR count). The molecule has 1 amide bonds. The Morgan fingerprint density at radius 3 is 2.69 bits per heavy atom. The normalized spacial score (nSPS) is 11.1. The average molecular weight is 397 g/mol. The van der Waals surface area contributed by atoms with E-state index in [0.29, 0.717) is 23.1 Å². The maximum absolute atomic E-state index is 13.9. The molecule has 0 aliphatic rings. The highest BCUT2D eigenvalue weighted by atomic mass is 19.1. The SMILES string of the molecule is COc1ccc(CCC(=O)N(Cc2nc3ccccc3c(=O)[nH]2)C(C)C)cc1F. The molecule has 0 saturated heterocycles. The summed E-state index contributed by atoms with van der Waals surface area (Å²) >= 11 is 0. The number of ether oxygens (including phenoxy) is 1. The molecule has 6 nitrogen and oxygen atoms in total. The van der Waals surface area contributed by atoms with Crippen LogP contribution >= 0.6 is 0 Å². The second-order valence-corrected chi connectivity index (χ2v) is 7.11. The molecule has 0 saturated carbocycles. The van der Waals surface area contributed by atoms with Crippen molar-refractivity contribution in [3.8, 4) is 5.75 Å². The van der Waals surface area contributed by atoms with Gasteiger partial charge in [0.25, 0.3) is 5.56 Å². The minimum Gasteiger partial charge on any atom is -0.494 e. The number of amides is 1. The molecule has 0 unspecified atom stereocenters. The number of H-pyrrole nitrogens is 1. The number of fused-ring (bicyclic) bond motifs is 1. The Kier molecular flexibility index (Phi) is 6.26. The van der Waals surface area contributed by atoms with Crippen molar-refractivity contribution in [1.29, 1.82) is 0 Å². The maximum Gasteiger partial charge on any atom is 0.258 e. The third-order valence-electron chi connectivity index (χ3n) is 4.77. The van der Waals surface area contributed by atoms with Gasteiger partial charge < -0.3 is 14.6 Å². The van der Waals surface area contributed by atoms with Crippen molar-refractivity contribution in [2.75, 3.05) is 7.11 Å². The van der Waals surface area contributed by atoms with Crippen molar-refractivity contribution >= 4 is 16.8 Å². The molecule has 0 aliphatic heterocycles. The second kappa shape index (κ2) is 8.86. The van der Waals surface area contributed by atoms with E-state index in [9.17, 15) is 14.0 Å². The maximum atomic E-state index is 13.9. The van der Waals surface area contributed by atoms with Gasteiger partial charge in [0.05, 0.1) is 24.6 Å². The van der Waals surface area contributed by atoms with E-state index in [1.165, 1.54) is 13.2 Å². The summed E-state index contributed by atoms with van der Waals surface area (Å²) in [7, 11) is 1.41. The van der Waals surface area contributed by atoms with Gasteiger partial charge in [-0.2, -0.15) is 0 Å². The van der Waals surface area contributed by atoms with Gasteiger partial charge in [0.1, 0.15) is 5.82 Å². The summed E-state index contributed by atoms with van der Waals surface area (Å²) in [4.78, 5) is 34.0. The summed E-state index contributed by atoms with van der Waals surface area (Å²) in [5, 5.41) is 0.514. The first-order chi connectivity index (χ1) is 13.9. The number of aromatic nitrogens is 2. The van der Waals surface area contributed by atoms with Crippen molar-refractivity contribution in [3.63, 3.8) is 0 Å². The zero-order valence-corrected chi connectivity index (χ0v) is 16.7. The topological polar surface area (TPSA) is 75.3 Å². The lowest BCUT2D eigenvalue weighted by Gasteiger charge is -2.26. The molecule has 1 aromatic heterocycles. The van der Waals surface area contributed by atoms with Crippen LogP contribution in [0.15, 0.2) is 47.3 Å². The molecule has 1 heterocycles. The van der Waals surface area contributed by atoms with Gasteiger partial charge >= 0.3 is 0 Å². The van der Waals surface area contributed by atoms with Crippen LogP contribution in [0.4, 0.5) is 4.39 Å². The number of para-hydroxylation sites is 1. The van der Waals surface area contributed by atoms with Crippen LogP contribution in [0.5, 0.6) is 5.75 Å². The van der Waals surface area contributed by atoms with Gasteiger partial charge in [-0.25, -0.2) is 9.37 Å². The minimum absolute atomic E-state index is 0.0770. The molecule has 29 heavy (non-hydrogen) atoms. The Morgan fingerprint density at radius 2 is 2.00 bits per heavy atom. The number of halogens is 1. The molecule has 0 bridgehead atoms. The predicted molar refractivity (Wildman–Crippen MR) is 109 cm³/mol. The van der Waals surface area contributed by atoms with Crippen LogP contribution in [0.3, 0.4) is 0 Å². The lowest BCUT2D eigenvalue weighted by molar-refractivity contribution is -0.133. The van der Waals surface area contributed by atoms with E-state index in [2.05, 4.69) is 9.97 Å². The number of hydrogen-bond acceptors (Lipinski definition) is 4. The Bertz CT molecular complexity index is 1080. The number of methoxy groups -OCH3 is 1. The molecule has 3 aromatic rings. The van der Waals surface area contributed by atoms with Crippen molar-refractivity contribution in [2.45, 2.75) is 39.3 Å². The van der Waals surface area contributed by atoms with E-state index < -0.39 is 5.82 Å². The first-order valence-corrected chi connectivity index (χ1v) is 9.49. The smallest absolute Gasteiger partial charge is 0.258 e. The highest BCUT2D eigenvalue weighted by Crippen LogP contribution is 2.19. The van der Waals surface area contributed by atoms with E-state index in [0.717, 1.165) is 5.56 Å². The fourth-order valence-corrected chi connectivity index (χ4v) is 3.19. The van der Waals surface area contributed by atoms with Crippen molar-refractivity contribution in [1.82, 2.24) is 14.9 Å². The zero-order chi connectivity index (χ0) is 21.0. The molecule has 1 N–H and O–H groups in total. The van der Waals surface area contributed by atoms with Crippen molar-refractivity contribution in [2.24, 2.45) is 0 Å². The molecule has 0 spiro atoms. The third-order valence-corrected chi connectivity index (χ3v) is 4.77. The van der Waals surface area contributed by atoms with E-state index in [-0.39, 0.29) is 36.2 Å². The van der Waals surface area contributed by atoms with Crippen LogP contribution in [-0.4, -0.2) is 33.9 Å². The number of hydrogen-bond donors (Lipinski definition) is 1. The first kappa shape index (κ1) is 20.5. The Morgan fingerprint density at radius 1 is 1.24 bits per heavy atom. The average Bonchev–Trinajstić information content (AvgIpc) is 2.70. The summed E-state index contributed by atoms with van der Waals surface area (Å²) in [6, 6.07) is 11.7. The van der Waals surface area contributed by atoms with E-state index in [1.807, 2.05) is 19.9 Å². The number of carbonyl (C=O) groups is 1. The fraction of sp³-hybridized carbons (Fsp3) is 0.318. The lowest BCUT2D eigenvalue weighted by Crippen LogP contribution is -2.37. The molecule has 0 aliphatic carbocycles. The van der Waals surface area contributed by atoms with Crippen LogP contribution in [0.1, 0.15) is 31.7 Å². The quantitative estimate of drug-likeness (QED) is 0.663. The molecule has 2 aromatic carbocycles. The van der Waals surface area contributed by atoms with Gasteiger partial charge in [0.2, 0.25) is 5.91 Å². The van der Waals surface area contributed by atoms with Crippen LogP contribution in [-0.2, 0) is 17.8 Å². The van der Waals surface area contributed by atoms with Gasteiger partial charge in [-0.05, 0) is 50.1 Å². The van der Waals surface area contributed by atoms with Gasteiger partial charge in [0, 0.05) is 12.5 Å². The molecule has 0 radical (unpaired) electrons. The Hall–Kier alpha value is -3.22. The predicted octanol–water partition coefficient (Wildman–Crippen LogP) is 3.44. The van der Waals surface area contributed by atoms with Gasteiger partial charge in [0.15, 0.2) is 11.6 Å². The Labute approximate surface area is 168 Å². The standard InChI is InChI=1S/C22H24FN3O3/c1-14(2)26(13-20-24-18-7-5-4-6-16(18)22(28)25-20)21(27)11-9-15-8-10-19(29-3)17(23)12-15/h4-8,10,12,14H,9,11,13H2,1-3H3,(H,24,25,28). The molecule has 152 valence electrons. The van der Waals surface area contributed by atoms with Crippen molar-refractivity contribution in [3.05, 3.63) is 70.0 Å². The summed E-state index contributed by atoms with van der Waals surface area (Å²) < 4.78 is 18.8. The Balaban J connectivity index is 1.73.